The first-order valence-electron chi connectivity index (χ1n) is 6.24. The zero-order valence-corrected chi connectivity index (χ0v) is 11.1. The van der Waals surface area contributed by atoms with Gasteiger partial charge in [-0.3, -0.25) is 4.68 Å². The summed E-state index contributed by atoms with van der Waals surface area (Å²) in [6, 6.07) is 0. The second-order valence-electron chi connectivity index (χ2n) is 4.17. The summed E-state index contributed by atoms with van der Waals surface area (Å²) in [5, 5.41) is 7.71. The molecule has 1 aromatic rings. The number of rotatable bonds is 8. The van der Waals surface area contributed by atoms with E-state index in [4.69, 9.17) is 10.5 Å². The van der Waals surface area contributed by atoms with E-state index in [2.05, 4.69) is 17.3 Å². The number of unbranched alkanes of at least 4 members (excludes halogenated alkanes) is 2. The van der Waals surface area contributed by atoms with Crippen LogP contribution in [-0.2, 0) is 18.2 Å². The number of nitrogens with one attached hydrogen (secondary N) is 1. The van der Waals surface area contributed by atoms with E-state index in [9.17, 15) is 0 Å². The lowest BCUT2D eigenvalue weighted by Crippen LogP contribution is -2.08. The van der Waals surface area contributed by atoms with E-state index < -0.39 is 0 Å². The van der Waals surface area contributed by atoms with Crippen LogP contribution in [0.3, 0.4) is 0 Å². The molecule has 3 N–H and O–H groups in total. The predicted molar refractivity (Wildman–Crippen MR) is 71.2 cm³/mol. The Hall–Kier alpha value is -1.23. The van der Waals surface area contributed by atoms with E-state index in [1.54, 1.807) is 7.11 Å². The van der Waals surface area contributed by atoms with Gasteiger partial charge in [-0.05, 0) is 25.7 Å². The Morgan fingerprint density at radius 2 is 2.12 bits per heavy atom. The van der Waals surface area contributed by atoms with Gasteiger partial charge in [-0.15, -0.1) is 0 Å². The second kappa shape index (κ2) is 7.17. The Labute approximate surface area is 103 Å². The monoisotopic (exact) mass is 240 g/mol. The van der Waals surface area contributed by atoms with Crippen LogP contribution in [-0.4, -0.2) is 30.0 Å². The van der Waals surface area contributed by atoms with Gasteiger partial charge in [0.25, 0.3) is 0 Å². The molecule has 0 atom stereocenters. The van der Waals surface area contributed by atoms with Crippen LogP contribution in [0.25, 0.3) is 0 Å². The third kappa shape index (κ3) is 3.93. The van der Waals surface area contributed by atoms with Gasteiger partial charge in [0.05, 0.1) is 11.4 Å². The van der Waals surface area contributed by atoms with Crippen molar-refractivity contribution in [3.63, 3.8) is 0 Å². The van der Waals surface area contributed by atoms with Crippen LogP contribution in [0.15, 0.2) is 0 Å². The highest BCUT2D eigenvalue weighted by atomic mass is 16.5. The number of aryl methyl sites for hydroxylation is 2. The fraction of sp³-hybridized carbons (Fsp3) is 0.750. The van der Waals surface area contributed by atoms with Gasteiger partial charge in [-0.2, -0.15) is 5.10 Å². The molecule has 0 saturated heterocycles. The van der Waals surface area contributed by atoms with Crippen LogP contribution in [0, 0.1) is 0 Å². The number of hydrogen-bond acceptors (Lipinski definition) is 4. The lowest BCUT2D eigenvalue weighted by molar-refractivity contribution is 0.192. The Kier molecular flexibility index (Phi) is 5.83. The van der Waals surface area contributed by atoms with Gasteiger partial charge < -0.3 is 15.8 Å². The number of hydrogen-bond donors (Lipinski definition) is 2. The summed E-state index contributed by atoms with van der Waals surface area (Å²) in [7, 11) is 3.66. The maximum absolute atomic E-state index is 6.01. The third-order valence-electron chi connectivity index (χ3n) is 2.81. The van der Waals surface area contributed by atoms with E-state index in [-0.39, 0.29) is 0 Å². The Bertz CT molecular complexity index is 335. The molecule has 1 aromatic heterocycles. The van der Waals surface area contributed by atoms with Crippen LogP contribution in [0.2, 0.25) is 0 Å². The van der Waals surface area contributed by atoms with Crippen LogP contribution in [0.5, 0.6) is 0 Å². The summed E-state index contributed by atoms with van der Waals surface area (Å²) in [5.41, 5.74) is 7.76. The first-order valence-corrected chi connectivity index (χ1v) is 6.24. The first kappa shape index (κ1) is 13.8. The van der Waals surface area contributed by atoms with Crippen LogP contribution >= 0.6 is 0 Å². The largest absolute Gasteiger partial charge is 0.394 e. The molecule has 0 spiro atoms. The summed E-state index contributed by atoms with van der Waals surface area (Å²) < 4.78 is 6.83. The second-order valence-corrected chi connectivity index (χ2v) is 4.17. The molecule has 17 heavy (non-hydrogen) atoms. The van der Waals surface area contributed by atoms with E-state index in [0.717, 1.165) is 49.6 Å². The molecule has 0 amide bonds. The molecule has 0 bridgehead atoms. The van der Waals surface area contributed by atoms with Gasteiger partial charge in [-0.1, -0.05) is 6.92 Å². The minimum atomic E-state index is 0.784. The summed E-state index contributed by atoms with van der Waals surface area (Å²) in [6.45, 7) is 3.83. The van der Waals surface area contributed by atoms with Crippen molar-refractivity contribution >= 4 is 11.5 Å². The molecule has 5 nitrogen and oxygen atoms in total. The minimum Gasteiger partial charge on any atom is -0.394 e. The van der Waals surface area contributed by atoms with Crippen molar-refractivity contribution in [1.82, 2.24) is 9.78 Å². The molecule has 5 heteroatoms. The van der Waals surface area contributed by atoms with Crippen LogP contribution in [0.4, 0.5) is 11.5 Å². The summed E-state index contributed by atoms with van der Waals surface area (Å²) in [4.78, 5) is 0. The average molecular weight is 240 g/mol. The smallest absolute Gasteiger partial charge is 0.147 e. The van der Waals surface area contributed by atoms with Gasteiger partial charge in [0, 0.05) is 27.3 Å². The maximum atomic E-state index is 6.01. The minimum absolute atomic E-state index is 0.784. The lowest BCUT2D eigenvalue weighted by atomic mass is 10.2. The molecule has 1 heterocycles. The zero-order valence-electron chi connectivity index (χ0n) is 11.1. The van der Waals surface area contributed by atoms with Gasteiger partial charge >= 0.3 is 0 Å². The van der Waals surface area contributed by atoms with Gasteiger partial charge in [0.2, 0.25) is 0 Å². The zero-order chi connectivity index (χ0) is 12.7. The maximum Gasteiger partial charge on any atom is 0.147 e. The normalized spacial score (nSPS) is 10.8. The van der Waals surface area contributed by atoms with Gasteiger partial charge in [-0.25, -0.2) is 0 Å². The average Bonchev–Trinajstić information content (AvgIpc) is 2.60. The number of nitrogen functional groups attached to an aromatic ring is 1. The summed E-state index contributed by atoms with van der Waals surface area (Å²) in [6.07, 6.45) is 4.27. The molecule has 0 aromatic carbocycles. The molecule has 0 unspecified atom stereocenters. The molecule has 0 saturated carbocycles. The third-order valence-corrected chi connectivity index (χ3v) is 2.81. The van der Waals surface area contributed by atoms with Gasteiger partial charge in [0.1, 0.15) is 5.82 Å². The van der Waals surface area contributed by atoms with Crippen molar-refractivity contribution in [3.05, 3.63) is 5.69 Å². The standard InChI is InChI=1S/C12H24N4O/c1-4-10-11(13)12(16(2)15-10)14-8-6-5-7-9-17-3/h14H,4-9,13H2,1-3H3. The van der Waals surface area contributed by atoms with Gasteiger partial charge in [0.15, 0.2) is 0 Å². The lowest BCUT2D eigenvalue weighted by Gasteiger charge is -2.07. The number of nitrogens with zero attached hydrogens (tertiary/aromatic N) is 2. The predicted octanol–water partition coefficient (Wildman–Crippen LogP) is 1.79. The molecular weight excluding hydrogens is 216 g/mol. The molecule has 0 fully saturated rings. The van der Waals surface area contributed by atoms with E-state index >= 15 is 0 Å². The highest BCUT2D eigenvalue weighted by Gasteiger charge is 2.10. The molecule has 1 rings (SSSR count). The van der Waals surface area contributed by atoms with E-state index in [1.807, 2.05) is 11.7 Å². The number of nitrogens with two attached hydrogens (primary N) is 1. The summed E-state index contributed by atoms with van der Waals surface area (Å²) in [5.74, 6) is 0.939. The van der Waals surface area contributed by atoms with Crippen LogP contribution < -0.4 is 11.1 Å². The first-order chi connectivity index (χ1) is 8.20. The molecule has 0 radical (unpaired) electrons. The van der Waals surface area contributed by atoms with Crippen molar-refractivity contribution < 1.29 is 4.74 Å². The SMILES string of the molecule is CCc1nn(C)c(NCCCCCOC)c1N. The highest BCUT2D eigenvalue weighted by molar-refractivity contribution is 5.64. The van der Waals surface area contributed by atoms with Crippen molar-refractivity contribution in [2.45, 2.75) is 32.6 Å². The highest BCUT2D eigenvalue weighted by Crippen LogP contribution is 2.22. The van der Waals surface area contributed by atoms with Crippen LogP contribution in [0.1, 0.15) is 31.9 Å². The van der Waals surface area contributed by atoms with E-state index in [1.165, 1.54) is 6.42 Å². The quantitative estimate of drug-likeness (QED) is 0.680. The topological polar surface area (TPSA) is 65.1 Å². The molecular formula is C12H24N4O. The van der Waals surface area contributed by atoms with Crippen molar-refractivity contribution in [3.8, 4) is 0 Å². The molecule has 0 aliphatic heterocycles. The van der Waals surface area contributed by atoms with Crippen molar-refractivity contribution in [2.75, 3.05) is 31.3 Å². The van der Waals surface area contributed by atoms with E-state index in [0.29, 0.717) is 0 Å². The number of ether oxygens (including phenoxy) is 1. The molecule has 0 aliphatic rings. The number of aromatic nitrogens is 2. The fourth-order valence-electron chi connectivity index (χ4n) is 1.82. The molecule has 98 valence electrons. The Morgan fingerprint density at radius 1 is 1.35 bits per heavy atom. The summed E-state index contributed by atoms with van der Waals surface area (Å²) >= 11 is 0. The Balaban J connectivity index is 2.34. The van der Waals surface area contributed by atoms with Crippen molar-refractivity contribution in [2.24, 2.45) is 7.05 Å². The van der Waals surface area contributed by atoms with Crippen molar-refractivity contribution in [1.29, 1.82) is 0 Å². The number of methoxy groups -OCH3 is 1. The molecule has 0 aliphatic carbocycles. The fourth-order valence-corrected chi connectivity index (χ4v) is 1.82. The number of anilines is 2. The Morgan fingerprint density at radius 3 is 2.71 bits per heavy atom.